The fraction of sp³-hybridized carbons (Fsp3) is 0.353. The second-order valence-electron chi connectivity index (χ2n) is 6.15. The molecule has 0 aromatic carbocycles. The van der Waals surface area contributed by atoms with Crippen LogP contribution in [0.25, 0.3) is 16.2 Å². The number of nitrogens with one attached hydrogen (secondary N) is 1. The maximum absolute atomic E-state index is 13.9. The molecule has 0 saturated carbocycles. The number of ether oxygens (including phenoxy) is 1. The number of carbonyl (C=O) groups is 1. The second-order valence-corrected chi connectivity index (χ2v) is 7.57. The number of thiophene rings is 1. The molecule has 27 heavy (non-hydrogen) atoms. The number of aromatic nitrogens is 3. The minimum absolute atomic E-state index is 0.00834. The highest BCUT2D eigenvalue weighted by Gasteiger charge is 2.33. The average Bonchev–Trinajstić information content (AvgIpc) is 3.38. The van der Waals surface area contributed by atoms with E-state index in [1.165, 1.54) is 23.5 Å². The monoisotopic (exact) mass is 412 g/mol. The third-order valence-corrected chi connectivity index (χ3v) is 5.32. The zero-order chi connectivity index (χ0) is 19.0. The van der Waals surface area contributed by atoms with E-state index in [9.17, 15) is 13.6 Å². The van der Waals surface area contributed by atoms with Crippen molar-refractivity contribution in [3.8, 4) is 10.6 Å². The van der Waals surface area contributed by atoms with Gasteiger partial charge in [0.15, 0.2) is 11.3 Å². The summed E-state index contributed by atoms with van der Waals surface area (Å²) in [5.74, 6) is -0.475. The summed E-state index contributed by atoms with van der Waals surface area (Å²) in [5.41, 5.74) is -0.0840. The number of hydrogen-bond donors (Lipinski definition) is 1. The highest BCUT2D eigenvalue weighted by molar-refractivity contribution is 7.13. The minimum Gasteiger partial charge on any atom is -0.376 e. The lowest BCUT2D eigenvalue weighted by Gasteiger charge is -2.11. The zero-order valence-corrected chi connectivity index (χ0v) is 15.6. The van der Waals surface area contributed by atoms with Gasteiger partial charge in [-0.2, -0.15) is 13.9 Å². The van der Waals surface area contributed by atoms with Crippen molar-refractivity contribution in [3.63, 3.8) is 0 Å². The zero-order valence-electron chi connectivity index (χ0n) is 14.0. The molecule has 4 heterocycles. The van der Waals surface area contributed by atoms with E-state index in [-0.39, 0.29) is 17.4 Å². The standard InChI is InChI=1S/C17H15ClF2N4O2S/c18-17(19,20)14-7-11(13-4-2-6-27-13)22-15-8-12(23-24(14)15)16(25)21-9-10-3-1-5-26-10/h2,4,6-8,10H,1,3,5,9H2,(H,21,25)/t10-/m0/s1. The summed E-state index contributed by atoms with van der Waals surface area (Å²) in [7, 11) is 0. The topological polar surface area (TPSA) is 68.5 Å². The molecule has 1 atom stereocenters. The Hall–Kier alpha value is -2.10. The van der Waals surface area contributed by atoms with Gasteiger partial charge in [-0.3, -0.25) is 4.79 Å². The Labute approximate surface area is 162 Å². The molecular weight excluding hydrogens is 398 g/mol. The molecule has 0 bridgehead atoms. The molecule has 3 aromatic heterocycles. The molecule has 0 spiro atoms. The molecular formula is C17H15ClF2N4O2S. The van der Waals surface area contributed by atoms with Crippen LogP contribution in [0.2, 0.25) is 0 Å². The highest BCUT2D eigenvalue weighted by atomic mass is 35.5. The quantitative estimate of drug-likeness (QED) is 0.649. The van der Waals surface area contributed by atoms with Gasteiger partial charge in [-0.1, -0.05) is 6.07 Å². The van der Waals surface area contributed by atoms with Crippen molar-refractivity contribution in [2.75, 3.05) is 13.2 Å². The first-order valence-electron chi connectivity index (χ1n) is 8.33. The average molecular weight is 413 g/mol. The Morgan fingerprint density at radius 2 is 2.33 bits per heavy atom. The first kappa shape index (κ1) is 18.3. The summed E-state index contributed by atoms with van der Waals surface area (Å²) in [6.07, 6.45) is 1.80. The van der Waals surface area contributed by atoms with Crippen molar-refractivity contribution < 1.29 is 18.3 Å². The Morgan fingerprint density at radius 3 is 3.00 bits per heavy atom. The van der Waals surface area contributed by atoms with Gasteiger partial charge in [0, 0.05) is 19.2 Å². The maximum atomic E-state index is 13.9. The minimum atomic E-state index is -3.66. The Balaban J connectivity index is 1.68. The molecule has 1 saturated heterocycles. The number of carbonyl (C=O) groups excluding carboxylic acids is 1. The molecule has 3 aromatic rings. The van der Waals surface area contributed by atoms with Gasteiger partial charge in [-0.15, -0.1) is 11.3 Å². The number of halogens is 3. The van der Waals surface area contributed by atoms with E-state index in [1.807, 2.05) is 5.38 Å². The number of alkyl halides is 3. The molecule has 10 heteroatoms. The molecule has 1 fully saturated rings. The van der Waals surface area contributed by atoms with Crippen molar-refractivity contribution in [3.05, 3.63) is 41.0 Å². The van der Waals surface area contributed by atoms with E-state index < -0.39 is 17.0 Å². The smallest absolute Gasteiger partial charge is 0.364 e. The van der Waals surface area contributed by atoms with Crippen molar-refractivity contribution in [2.24, 2.45) is 0 Å². The normalized spacial score (nSPS) is 17.5. The van der Waals surface area contributed by atoms with Gasteiger partial charge in [0.2, 0.25) is 0 Å². The van der Waals surface area contributed by atoms with Crippen molar-refractivity contribution >= 4 is 34.5 Å². The molecule has 0 radical (unpaired) electrons. The van der Waals surface area contributed by atoms with Crippen LogP contribution < -0.4 is 5.32 Å². The molecule has 4 rings (SSSR count). The van der Waals surface area contributed by atoms with Gasteiger partial charge in [0.05, 0.1) is 16.7 Å². The predicted octanol–water partition coefficient (Wildman–Crippen LogP) is 3.65. The van der Waals surface area contributed by atoms with Crippen LogP contribution in [0.3, 0.4) is 0 Å². The second kappa shape index (κ2) is 7.14. The Kier molecular flexibility index (Phi) is 4.83. The van der Waals surface area contributed by atoms with Crippen LogP contribution in [0, 0.1) is 0 Å². The van der Waals surface area contributed by atoms with Gasteiger partial charge < -0.3 is 10.1 Å². The summed E-state index contributed by atoms with van der Waals surface area (Å²) in [5, 5.41) is 4.86. The van der Waals surface area contributed by atoms with Crippen LogP contribution in [0.15, 0.2) is 29.6 Å². The summed E-state index contributed by atoms with van der Waals surface area (Å²) in [4.78, 5) is 17.4. The van der Waals surface area contributed by atoms with E-state index >= 15 is 0 Å². The maximum Gasteiger partial charge on any atom is 0.364 e. The fourth-order valence-electron chi connectivity index (χ4n) is 2.94. The molecule has 1 amide bonds. The van der Waals surface area contributed by atoms with Crippen molar-refractivity contribution in [1.82, 2.24) is 19.9 Å². The summed E-state index contributed by atoms with van der Waals surface area (Å²) in [6.45, 7) is 1.03. The fourth-order valence-corrected chi connectivity index (χ4v) is 3.76. The third kappa shape index (κ3) is 3.80. The lowest BCUT2D eigenvalue weighted by molar-refractivity contribution is 0.0841. The lowest BCUT2D eigenvalue weighted by atomic mass is 10.2. The van der Waals surface area contributed by atoms with Crippen LogP contribution >= 0.6 is 22.9 Å². The number of fused-ring (bicyclic) bond motifs is 1. The van der Waals surface area contributed by atoms with Crippen LogP contribution in [-0.2, 0) is 10.1 Å². The van der Waals surface area contributed by atoms with Gasteiger partial charge >= 0.3 is 5.38 Å². The Bertz CT molecular complexity index is 965. The molecule has 1 N–H and O–H groups in total. The number of amides is 1. The highest BCUT2D eigenvalue weighted by Crippen LogP contribution is 2.35. The molecule has 1 aliphatic heterocycles. The van der Waals surface area contributed by atoms with Crippen LogP contribution in [-0.4, -0.2) is 39.8 Å². The summed E-state index contributed by atoms with van der Waals surface area (Å²) < 4.78 is 34.2. The number of rotatable bonds is 5. The van der Waals surface area contributed by atoms with Crippen molar-refractivity contribution in [1.29, 1.82) is 0 Å². The third-order valence-electron chi connectivity index (χ3n) is 4.24. The van der Waals surface area contributed by atoms with E-state index in [1.54, 1.807) is 12.1 Å². The van der Waals surface area contributed by atoms with Gasteiger partial charge in [0.25, 0.3) is 5.91 Å². The van der Waals surface area contributed by atoms with E-state index in [2.05, 4.69) is 15.4 Å². The molecule has 6 nitrogen and oxygen atoms in total. The SMILES string of the molecule is O=C(NC[C@@H]1CCCO1)c1cc2nc(-c3cccs3)cc(C(F)(F)Cl)n2n1. The molecule has 0 aliphatic carbocycles. The predicted molar refractivity (Wildman–Crippen MR) is 97.4 cm³/mol. The summed E-state index contributed by atoms with van der Waals surface area (Å²) >= 11 is 6.64. The molecule has 1 aliphatic rings. The number of nitrogens with zero attached hydrogens (tertiary/aromatic N) is 3. The van der Waals surface area contributed by atoms with Crippen LogP contribution in [0.5, 0.6) is 0 Å². The summed E-state index contributed by atoms with van der Waals surface area (Å²) in [6, 6.07) is 6.12. The molecule has 142 valence electrons. The van der Waals surface area contributed by atoms with Crippen molar-refractivity contribution in [2.45, 2.75) is 24.3 Å². The van der Waals surface area contributed by atoms with E-state index in [0.717, 1.165) is 17.4 Å². The first-order valence-corrected chi connectivity index (χ1v) is 9.59. The van der Waals surface area contributed by atoms with E-state index in [4.69, 9.17) is 16.3 Å². The first-order chi connectivity index (χ1) is 12.9. The van der Waals surface area contributed by atoms with E-state index in [0.29, 0.717) is 23.7 Å². The number of hydrogen-bond acceptors (Lipinski definition) is 5. The largest absolute Gasteiger partial charge is 0.376 e. The lowest BCUT2D eigenvalue weighted by Crippen LogP contribution is -2.32. The Morgan fingerprint density at radius 1 is 1.48 bits per heavy atom. The van der Waals surface area contributed by atoms with Crippen LogP contribution in [0.1, 0.15) is 29.0 Å². The van der Waals surface area contributed by atoms with Gasteiger partial charge in [0.1, 0.15) is 5.69 Å². The molecule has 0 unspecified atom stereocenters. The van der Waals surface area contributed by atoms with Gasteiger partial charge in [-0.25, -0.2) is 9.50 Å². The van der Waals surface area contributed by atoms with Crippen LogP contribution in [0.4, 0.5) is 8.78 Å². The van der Waals surface area contributed by atoms with Gasteiger partial charge in [-0.05, 0) is 42.0 Å².